The number of hydrogen-bond acceptors (Lipinski definition) is 4. The predicted octanol–water partition coefficient (Wildman–Crippen LogP) is 1.76. The minimum Gasteiger partial charge on any atom is -0.479 e. The van der Waals surface area contributed by atoms with Crippen LogP contribution in [0.3, 0.4) is 0 Å². The Balaban J connectivity index is 1.85. The van der Waals surface area contributed by atoms with Gasteiger partial charge in [0.1, 0.15) is 0 Å². The number of nitrogens with zero attached hydrogens (tertiary/aromatic N) is 3. The predicted molar refractivity (Wildman–Crippen MR) is 86.6 cm³/mol. The highest BCUT2D eigenvalue weighted by atomic mass is 35.5. The average molecular weight is 350 g/mol. The first-order chi connectivity index (χ1) is 11.5. The highest BCUT2D eigenvalue weighted by Gasteiger charge is 2.30. The lowest BCUT2D eigenvalue weighted by Crippen LogP contribution is -2.48. The highest BCUT2D eigenvalue weighted by Crippen LogP contribution is 2.20. The lowest BCUT2D eigenvalue weighted by molar-refractivity contribution is -0.154. The number of carboxylic acids is 1. The number of aliphatic carboxylic acids is 1. The number of carbonyl (C=O) groups is 2. The fraction of sp³-hybridized carbons (Fsp3) is 0.312. The summed E-state index contributed by atoms with van der Waals surface area (Å²) in [7, 11) is 0. The molecular formula is C16H16ClN3O4. The highest BCUT2D eigenvalue weighted by molar-refractivity contribution is 6.30. The smallest absolute Gasteiger partial charge is 0.334 e. The van der Waals surface area contributed by atoms with Crippen molar-refractivity contribution < 1.29 is 19.4 Å². The standard InChI is InChI=1S/C16H16ClN3O4/c1-10-13(8-18-20(10)12-4-2-3-11(17)7-12)15(21)19-5-6-24-14(9-19)16(22)23/h2-4,7-8,14H,5-6,9H2,1H3,(H,22,23). The zero-order chi connectivity index (χ0) is 17.3. The van der Waals surface area contributed by atoms with Crippen LogP contribution in [-0.2, 0) is 9.53 Å². The van der Waals surface area contributed by atoms with Crippen LogP contribution in [0.5, 0.6) is 0 Å². The van der Waals surface area contributed by atoms with Gasteiger partial charge in [-0.1, -0.05) is 17.7 Å². The first kappa shape index (κ1) is 16.5. The minimum atomic E-state index is -1.07. The second kappa shape index (κ2) is 6.62. The Morgan fingerprint density at radius 2 is 2.21 bits per heavy atom. The first-order valence-corrected chi connectivity index (χ1v) is 7.79. The summed E-state index contributed by atoms with van der Waals surface area (Å²) in [4.78, 5) is 25.2. The molecule has 8 heteroatoms. The Bertz CT molecular complexity index is 789. The van der Waals surface area contributed by atoms with Crippen LogP contribution >= 0.6 is 11.6 Å². The average Bonchev–Trinajstić information content (AvgIpc) is 2.96. The van der Waals surface area contributed by atoms with E-state index in [1.165, 1.54) is 11.1 Å². The largest absolute Gasteiger partial charge is 0.479 e. The zero-order valence-corrected chi connectivity index (χ0v) is 13.7. The van der Waals surface area contributed by atoms with Crippen molar-refractivity contribution in [2.45, 2.75) is 13.0 Å². The van der Waals surface area contributed by atoms with Gasteiger partial charge in [0, 0.05) is 11.6 Å². The molecule has 3 rings (SSSR count). The number of amides is 1. The van der Waals surface area contributed by atoms with E-state index in [-0.39, 0.29) is 19.1 Å². The Kier molecular flexibility index (Phi) is 4.55. The monoisotopic (exact) mass is 349 g/mol. The van der Waals surface area contributed by atoms with Crippen molar-refractivity contribution >= 4 is 23.5 Å². The van der Waals surface area contributed by atoms with Crippen LogP contribution in [0.1, 0.15) is 16.1 Å². The van der Waals surface area contributed by atoms with Crippen molar-refractivity contribution in [1.82, 2.24) is 14.7 Å². The van der Waals surface area contributed by atoms with Crippen LogP contribution in [-0.4, -0.2) is 57.5 Å². The molecule has 126 valence electrons. The molecule has 1 aromatic heterocycles. The number of ether oxygens (including phenoxy) is 1. The van der Waals surface area contributed by atoms with E-state index in [1.54, 1.807) is 29.8 Å². The maximum Gasteiger partial charge on any atom is 0.334 e. The van der Waals surface area contributed by atoms with E-state index < -0.39 is 12.1 Å². The van der Waals surface area contributed by atoms with E-state index in [0.29, 0.717) is 22.8 Å². The summed E-state index contributed by atoms with van der Waals surface area (Å²) in [6, 6.07) is 7.16. The van der Waals surface area contributed by atoms with E-state index in [1.807, 2.05) is 6.07 Å². The third-order valence-corrected chi connectivity index (χ3v) is 4.16. The molecule has 0 saturated carbocycles. The molecule has 1 unspecified atom stereocenters. The maximum absolute atomic E-state index is 12.7. The molecule has 0 radical (unpaired) electrons. The minimum absolute atomic E-state index is 0.0238. The zero-order valence-electron chi connectivity index (χ0n) is 13.0. The van der Waals surface area contributed by atoms with Gasteiger partial charge in [-0.05, 0) is 25.1 Å². The van der Waals surface area contributed by atoms with Gasteiger partial charge in [-0.3, -0.25) is 4.79 Å². The van der Waals surface area contributed by atoms with Crippen LogP contribution < -0.4 is 0 Å². The number of morpholine rings is 1. The molecule has 1 fully saturated rings. The molecule has 0 bridgehead atoms. The van der Waals surface area contributed by atoms with Crippen LogP contribution in [0.25, 0.3) is 5.69 Å². The van der Waals surface area contributed by atoms with Crippen LogP contribution in [0.4, 0.5) is 0 Å². The third-order valence-electron chi connectivity index (χ3n) is 3.92. The molecule has 0 spiro atoms. The van der Waals surface area contributed by atoms with E-state index >= 15 is 0 Å². The normalized spacial score (nSPS) is 17.8. The Morgan fingerprint density at radius 1 is 1.42 bits per heavy atom. The van der Waals surface area contributed by atoms with Crippen LogP contribution in [0, 0.1) is 6.92 Å². The SMILES string of the molecule is Cc1c(C(=O)N2CCOC(C(=O)O)C2)cnn1-c1cccc(Cl)c1. The van der Waals surface area contributed by atoms with Gasteiger partial charge in [-0.2, -0.15) is 5.10 Å². The number of rotatable bonds is 3. The third kappa shape index (κ3) is 3.13. The topological polar surface area (TPSA) is 84.7 Å². The van der Waals surface area contributed by atoms with Crippen LogP contribution in [0.2, 0.25) is 5.02 Å². The summed E-state index contributed by atoms with van der Waals surface area (Å²) in [6.45, 7) is 2.36. The number of halogens is 1. The summed E-state index contributed by atoms with van der Waals surface area (Å²) in [5.74, 6) is -1.32. The lowest BCUT2D eigenvalue weighted by atomic mass is 10.2. The number of carboxylic acid groups (broad SMARTS) is 1. The molecule has 7 nitrogen and oxygen atoms in total. The number of carbonyl (C=O) groups excluding carboxylic acids is 1. The van der Waals surface area contributed by atoms with Crippen molar-refractivity contribution in [2.75, 3.05) is 19.7 Å². The first-order valence-electron chi connectivity index (χ1n) is 7.41. The number of aromatic nitrogens is 2. The van der Waals surface area contributed by atoms with Crippen molar-refractivity contribution in [3.05, 3.63) is 46.7 Å². The van der Waals surface area contributed by atoms with Gasteiger partial charge in [0.15, 0.2) is 6.10 Å². The molecule has 1 saturated heterocycles. The van der Waals surface area contributed by atoms with Gasteiger partial charge in [-0.25, -0.2) is 9.48 Å². The Morgan fingerprint density at radius 3 is 2.92 bits per heavy atom. The van der Waals surface area contributed by atoms with Gasteiger partial charge in [0.25, 0.3) is 5.91 Å². The fourth-order valence-corrected chi connectivity index (χ4v) is 2.83. The van der Waals surface area contributed by atoms with Gasteiger partial charge in [0.2, 0.25) is 0 Å². The van der Waals surface area contributed by atoms with Crippen molar-refractivity contribution in [3.63, 3.8) is 0 Å². The molecule has 1 aromatic carbocycles. The Hall–Kier alpha value is -2.38. The van der Waals surface area contributed by atoms with E-state index in [2.05, 4.69) is 5.10 Å². The summed E-state index contributed by atoms with van der Waals surface area (Å²) in [5, 5.41) is 13.9. The van der Waals surface area contributed by atoms with Crippen molar-refractivity contribution in [2.24, 2.45) is 0 Å². The van der Waals surface area contributed by atoms with E-state index in [9.17, 15) is 9.59 Å². The number of benzene rings is 1. The quantitative estimate of drug-likeness (QED) is 0.912. The summed E-state index contributed by atoms with van der Waals surface area (Å²) in [6.07, 6.45) is 0.495. The summed E-state index contributed by atoms with van der Waals surface area (Å²) < 4.78 is 6.78. The molecule has 1 aliphatic rings. The van der Waals surface area contributed by atoms with Crippen molar-refractivity contribution in [3.8, 4) is 5.69 Å². The van der Waals surface area contributed by atoms with E-state index in [4.69, 9.17) is 21.4 Å². The van der Waals surface area contributed by atoms with E-state index in [0.717, 1.165) is 5.69 Å². The maximum atomic E-state index is 12.7. The molecule has 1 N–H and O–H groups in total. The summed E-state index contributed by atoms with van der Waals surface area (Å²) >= 11 is 6.00. The molecule has 24 heavy (non-hydrogen) atoms. The number of hydrogen-bond donors (Lipinski definition) is 1. The molecular weight excluding hydrogens is 334 g/mol. The van der Waals surface area contributed by atoms with Crippen molar-refractivity contribution in [1.29, 1.82) is 0 Å². The molecule has 1 aliphatic heterocycles. The second-order valence-corrected chi connectivity index (χ2v) is 5.92. The fourth-order valence-electron chi connectivity index (χ4n) is 2.64. The van der Waals surface area contributed by atoms with Gasteiger partial charge < -0.3 is 14.7 Å². The molecule has 2 aromatic rings. The molecule has 2 heterocycles. The summed E-state index contributed by atoms with van der Waals surface area (Å²) in [5.41, 5.74) is 1.85. The molecule has 1 atom stereocenters. The molecule has 0 aliphatic carbocycles. The molecule has 1 amide bonds. The lowest BCUT2D eigenvalue weighted by Gasteiger charge is -2.30. The second-order valence-electron chi connectivity index (χ2n) is 5.48. The van der Waals surface area contributed by atoms with Gasteiger partial charge in [-0.15, -0.1) is 0 Å². The van der Waals surface area contributed by atoms with Gasteiger partial charge in [0.05, 0.1) is 36.3 Å². The van der Waals surface area contributed by atoms with Gasteiger partial charge >= 0.3 is 5.97 Å². The van der Waals surface area contributed by atoms with Crippen LogP contribution in [0.15, 0.2) is 30.5 Å². The Labute approximate surface area is 143 Å².